The molecule has 3 rings (SSSR count). The number of aromatic nitrogens is 3. The van der Waals surface area contributed by atoms with Gasteiger partial charge in [0.25, 0.3) is 0 Å². The van der Waals surface area contributed by atoms with Gasteiger partial charge in [-0.25, -0.2) is 4.68 Å². The van der Waals surface area contributed by atoms with Crippen molar-refractivity contribution in [1.29, 1.82) is 0 Å². The maximum Gasteiger partial charge on any atom is 0.0841 e. The number of hydrogen-bond acceptors (Lipinski definition) is 4. The second-order valence-corrected chi connectivity index (χ2v) is 5.24. The van der Waals surface area contributed by atoms with Gasteiger partial charge in [-0.3, -0.25) is 0 Å². The number of nitrogens with zero attached hydrogens (tertiary/aromatic N) is 3. The van der Waals surface area contributed by atoms with E-state index in [-0.39, 0.29) is 12.1 Å². The summed E-state index contributed by atoms with van der Waals surface area (Å²) in [6.45, 7) is 2.12. The number of para-hydroxylation sites is 1. The summed E-state index contributed by atoms with van der Waals surface area (Å²) in [7, 11) is 1.96. The van der Waals surface area contributed by atoms with Crippen LogP contribution in [-0.2, 0) is 4.74 Å². The van der Waals surface area contributed by atoms with Crippen LogP contribution in [0, 0.1) is 0 Å². The Kier molecular flexibility index (Phi) is 3.80. The average Bonchev–Trinajstić information content (AvgIpc) is 3.11. The molecule has 0 spiro atoms. The summed E-state index contributed by atoms with van der Waals surface area (Å²) in [5.41, 5.74) is 2.06. The lowest BCUT2D eigenvalue weighted by Crippen LogP contribution is -2.31. The van der Waals surface area contributed by atoms with Crippen molar-refractivity contribution in [2.75, 3.05) is 7.05 Å². The van der Waals surface area contributed by atoms with Crippen molar-refractivity contribution in [2.24, 2.45) is 0 Å². The molecule has 1 saturated heterocycles. The van der Waals surface area contributed by atoms with Gasteiger partial charge in [-0.15, -0.1) is 5.10 Å². The van der Waals surface area contributed by atoms with Crippen LogP contribution in [0.25, 0.3) is 5.69 Å². The molecule has 1 aliphatic heterocycles. The molecule has 0 radical (unpaired) electrons. The van der Waals surface area contributed by atoms with E-state index < -0.39 is 0 Å². The lowest BCUT2D eigenvalue weighted by atomic mass is 10.0. The van der Waals surface area contributed by atoms with Gasteiger partial charge in [0.05, 0.1) is 35.8 Å². The highest BCUT2D eigenvalue weighted by Crippen LogP contribution is 2.30. The fourth-order valence-electron chi connectivity index (χ4n) is 2.83. The van der Waals surface area contributed by atoms with Crippen LogP contribution in [0.1, 0.15) is 31.5 Å². The highest BCUT2D eigenvalue weighted by molar-refractivity contribution is 5.32. The maximum absolute atomic E-state index is 6.00. The Balaban J connectivity index is 1.91. The number of rotatable bonds is 4. The molecule has 2 aromatic rings. The quantitative estimate of drug-likeness (QED) is 0.926. The van der Waals surface area contributed by atoms with Crippen molar-refractivity contribution < 1.29 is 4.74 Å². The van der Waals surface area contributed by atoms with Crippen LogP contribution in [0.5, 0.6) is 0 Å². The summed E-state index contributed by atoms with van der Waals surface area (Å²) < 4.78 is 7.88. The molecule has 20 heavy (non-hydrogen) atoms. The zero-order valence-electron chi connectivity index (χ0n) is 11.9. The molecular formula is C15H20N4O. The predicted molar refractivity (Wildman–Crippen MR) is 76.7 cm³/mol. The van der Waals surface area contributed by atoms with E-state index in [1.807, 2.05) is 48.3 Å². The van der Waals surface area contributed by atoms with Gasteiger partial charge in [-0.05, 0) is 38.9 Å². The Labute approximate surface area is 118 Å². The lowest BCUT2D eigenvalue weighted by Gasteiger charge is -2.23. The van der Waals surface area contributed by atoms with Gasteiger partial charge in [0.1, 0.15) is 0 Å². The standard InChI is InChI=1S/C15H20N4O/c1-11-8-9-14(20-11)15(16-2)13-10-17-18-19(13)12-6-4-3-5-7-12/h3-7,10-11,14-16H,8-9H2,1-2H3. The van der Waals surface area contributed by atoms with Crippen LogP contribution in [-0.4, -0.2) is 34.2 Å². The van der Waals surface area contributed by atoms with Crippen LogP contribution in [0.3, 0.4) is 0 Å². The summed E-state index contributed by atoms with van der Waals surface area (Å²) in [5, 5.41) is 11.6. The number of hydrogen-bond donors (Lipinski definition) is 1. The van der Waals surface area contributed by atoms with Crippen molar-refractivity contribution >= 4 is 0 Å². The fourth-order valence-corrected chi connectivity index (χ4v) is 2.83. The second-order valence-electron chi connectivity index (χ2n) is 5.24. The molecule has 0 aliphatic carbocycles. The molecule has 1 N–H and O–H groups in total. The minimum Gasteiger partial charge on any atom is -0.373 e. The molecule has 0 saturated carbocycles. The molecule has 3 atom stereocenters. The molecule has 5 heteroatoms. The van der Waals surface area contributed by atoms with E-state index in [1.54, 1.807) is 0 Å². The van der Waals surface area contributed by atoms with Crippen LogP contribution in [0.2, 0.25) is 0 Å². The first kappa shape index (κ1) is 13.3. The molecule has 1 aliphatic rings. The number of ether oxygens (including phenoxy) is 1. The average molecular weight is 272 g/mol. The van der Waals surface area contributed by atoms with E-state index in [0.717, 1.165) is 24.2 Å². The second kappa shape index (κ2) is 5.73. The lowest BCUT2D eigenvalue weighted by molar-refractivity contribution is 0.0319. The first-order valence-corrected chi connectivity index (χ1v) is 7.08. The normalized spacial score (nSPS) is 23.9. The SMILES string of the molecule is CNC(c1cnnn1-c1ccccc1)C1CCC(C)O1. The first-order chi connectivity index (χ1) is 9.79. The molecule has 3 unspecified atom stereocenters. The Morgan fingerprint density at radius 1 is 1.30 bits per heavy atom. The molecule has 1 aromatic heterocycles. The van der Waals surface area contributed by atoms with E-state index in [0.29, 0.717) is 6.10 Å². The Hall–Kier alpha value is -1.72. The summed E-state index contributed by atoms with van der Waals surface area (Å²) in [6.07, 6.45) is 4.50. The van der Waals surface area contributed by atoms with E-state index in [2.05, 4.69) is 22.6 Å². The van der Waals surface area contributed by atoms with Gasteiger partial charge >= 0.3 is 0 Å². The van der Waals surface area contributed by atoms with Gasteiger partial charge in [-0.2, -0.15) is 0 Å². The van der Waals surface area contributed by atoms with E-state index in [9.17, 15) is 0 Å². The zero-order valence-corrected chi connectivity index (χ0v) is 11.9. The fraction of sp³-hybridized carbons (Fsp3) is 0.467. The Morgan fingerprint density at radius 3 is 2.75 bits per heavy atom. The minimum absolute atomic E-state index is 0.107. The van der Waals surface area contributed by atoms with Gasteiger partial charge < -0.3 is 10.1 Å². The van der Waals surface area contributed by atoms with Crippen molar-refractivity contribution in [3.8, 4) is 5.69 Å². The van der Waals surface area contributed by atoms with Crippen LogP contribution in [0.4, 0.5) is 0 Å². The number of benzene rings is 1. The summed E-state index contributed by atoms with van der Waals surface area (Å²) in [4.78, 5) is 0. The summed E-state index contributed by atoms with van der Waals surface area (Å²) >= 11 is 0. The third-order valence-electron chi connectivity index (χ3n) is 3.84. The first-order valence-electron chi connectivity index (χ1n) is 7.08. The maximum atomic E-state index is 6.00. The third kappa shape index (κ3) is 2.46. The van der Waals surface area contributed by atoms with Gasteiger partial charge in [0.2, 0.25) is 0 Å². The van der Waals surface area contributed by atoms with Crippen LogP contribution < -0.4 is 5.32 Å². The third-order valence-corrected chi connectivity index (χ3v) is 3.84. The summed E-state index contributed by atoms with van der Waals surface area (Å²) in [5.74, 6) is 0. The molecule has 106 valence electrons. The highest BCUT2D eigenvalue weighted by Gasteiger charge is 2.32. The van der Waals surface area contributed by atoms with Gasteiger partial charge in [0, 0.05) is 0 Å². The Bertz CT molecular complexity index is 554. The molecule has 1 fully saturated rings. The smallest absolute Gasteiger partial charge is 0.0841 e. The number of likely N-dealkylation sites (N-methyl/N-ethyl adjacent to an activating group) is 1. The molecular weight excluding hydrogens is 252 g/mol. The molecule has 0 amide bonds. The van der Waals surface area contributed by atoms with Crippen molar-refractivity contribution in [3.63, 3.8) is 0 Å². The molecule has 1 aromatic carbocycles. The largest absolute Gasteiger partial charge is 0.373 e. The van der Waals surface area contributed by atoms with Crippen molar-refractivity contribution in [2.45, 2.75) is 38.0 Å². The van der Waals surface area contributed by atoms with Crippen LogP contribution >= 0.6 is 0 Å². The van der Waals surface area contributed by atoms with Gasteiger partial charge in [-0.1, -0.05) is 23.4 Å². The zero-order chi connectivity index (χ0) is 13.9. The number of nitrogens with one attached hydrogen (secondary N) is 1. The predicted octanol–water partition coefficient (Wildman–Crippen LogP) is 2.10. The van der Waals surface area contributed by atoms with Crippen molar-refractivity contribution in [1.82, 2.24) is 20.3 Å². The highest BCUT2D eigenvalue weighted by atomic mass is 16.5. The Morgan fingerprint density at radius 2 is 2.10 bits per heavy atom. The van der Waals surface area contributed by atoms with E-state index in [1.165, 1.54) is 0 Å². The monoisotopic (exact) mass is 272 g/mol. The molecule has 2 heterocycles. The topological polar surface area (TPSA) is 52.0 Å². The van der Waals surface area contributed by atoms with E-state index in [4.69, 9.17) is 4.74 Å². The van der Waals surface area contributed by atoms with Crippen LogP contribution in [0.15, 0.2) is 36.5 Å². The summed E-state index contributed by atoms with van der Waals surface area (Å²) in [6, 6.07) is 10.2. The van der Waals surface area contributed by atoms with Gasteiger partial charge in [0.15, 0.2) is 0 Å². The molecule has 5 nitrogen and oxygen atoms in total. The van der Waals surface area contributed by atoms with E-state index >= 15 is 0 Å². The molecule has 0 bridgehead atoms. The van der Waals surface area contributed by atoms with Crippen molar-refractivity contribution in [3.05, 3.63) is 42.2 Å². The minimum atomic E-state index is 0.107.